The number of anilines is 1. The molecule has 0 saturated carbocycles. The van der Waals surface area contributed by atoms with Gasteiger partial charge in [-0.25, -0.2) is 4.98 Å². The van der Waals surface area contributed by atoms with Gasteiger partial charge in [0.2, 0.25) is 0 Å². The van der Waals surface area contributed by atoms with E-state index in [0.29, 0.717) is 37.7 Å². The highest BCUT2D eigenvalue weighted by molar-refractivity contribution is 5.66. The van der Waals surface area contributed by atoms with Crippen LogP contribution >= 0.6 is 0 Å². The lowest BCUT2D eigenvalue weighted by atomic mass is 10.2. The van der Waals surface area contributed by atoms with E-state index in [0.717, 1.165) is 0 Å². The van der Waals surface area contributed by atoms with Crippen molar-refractivity contribution in [3.05, 3.63) is 22.7 Å². The van der Waals surface area contributed by atoms with E-state index in [1.165, 1.54) is 0 Å². The molecule has 0 atom stereocenters. The normalized spacial score (nSPS) is 10.7. The molecule has 0 spiro atoms. The van der Waals surface area contributed by atoms with E-state index in [-0.39, 0.29) is 12.0 Å². The molecule has 6 heteroatoms. The molecule has 6 nitrogen and oxygen atoms in total. The van der Waals surface area contributed by atoms with E-state index >= 15 is 0 Å². The van der Waals surface area contributed by atoms with Crippen molar-refractivity contribution in [1.29, 1.82) is 0 Å². The molecule has 0 aliphatic carbocycles. The maximum atomic E-state index is 12.0. The van der Waals surface area contributed by atoms with Gasteiger partial charge in [0, 0.05) is 31.9 Å². The monoisotopic (exact) mass is 267 g/mol. The number of hydrogen-bond acceptors (Lipinski definition) is 4. The Morgan fingerprint density at radius 2 is 2.21 bits per heavy atom. The van der Waals surface area contributed by atoms with Crippen LogP contribution in [0.3, 0.4) is 0 Å². The van der Waals surface area contributed by atoms with Crippen molar-refractivity contribution in [1.82, 2.24) is 9.55 Å². The smallest absolute Gasteiger partial charge is 0.303 e. The van der Waals surface area contributed by atoms with Crippen LogP contribution in [0.5, 0.6) is 0 Å². The first-order chi connectivity index (χ1) is 9.00. The second-order valence-electron chi connectivity index (χ2n) is 4.90. The summed E-state index contributed by atoms with van der Waals surface area (Å²) < 4.78 is 1.64. The molecule has 0 aliphatic heterocycles. The van der Waals surface area contributed by atoms with Crippen LogP contribution in [0.4, 0.5) is 5.82 Å². The third kappa shape index (κ3) is 5.54. The first-order valence-corrected chi connectivity index (χ1v) is 6.52. The molecule has 0 aliphatic rings. The van der Waals surface area contributed by atoms with Crippen LogP contribution in [0.2, 0.25) is 0 Å². The molecule has 0 bridgehead atoms. The summed E-state index contributed by atoms with van der Waals surface area (Å²) in [5, 5.41) is 11.5. The maximum absolute atomic E-state index is 12.0. The average Bonchev–Trinajstić information content (AvgIpc) is 2.32. The maximum Gasteiger partial charge on any atom is 0.303 e. The standard InChI is InChI=1S/C13H21N3O3/c1-10(2)9-16-8-7-15-12(13(16)19)14-6-4-3-5-11(17)18/h7-8,10H,3-6,9H2,1-2H3,(H,14,15)(H,17,18). The van der Waals surface area contributed by atoms with Crippen molar-refractivity contribution >= 4 is 11.8 Å². The average molecular weight is 267 g/mol. The molecule has 0 fully saturated rings. The van der Waals surface area contributed by atoms with Gasteiger partial charge in [-0.2, -0.15) is 0 Å². The van der Waals surface area contributed by atoms with Crippen LogP contribution < -0.4 is 10.9 Å². The van der Waals surface area contributed by atoms with E-state index in [9.17, 15) is 9.59 Å². The van der Waals surface area contributed by atoms with Crippen molar-refractivity contribution in [2.45, 2.75) is 39.7 Å². The summed E-state index contributed by atoms with van der Waals surface area (Å²) in [5.41, 5.74) is -0.130. The van der Waals surface area contributed by atoms with Crippen molar-refractivity contribution in [2.75, 3.05) is 11.9 Å². The second kappa shape index (κ2) is 7.56. The van der Waals surface area contributed by atoms with Gasteiger partial charge >= 0.3 is 5.97 Å². The van der Waals surface area contributed by atoms with Gasteiger partial charge in [-0.15, -0.1) is 0 Å². The molecule has 1 aromatic heterocycles. The highest BCUT2D eigenvalue weighted by Crippen LogP contribution is 2.00. The Labute approximate surface area is 112 Å². The van der Waals surface area contributed by atoms with Crippen LogP contribution in [0.15, 0.2) is 17.2 Å². The first-order valence-electron chi connectivity index (χ1n) is 6.52. The largest absolute Gasteiger partial charge is 0.481 e. The molecule has 1 rings (SSSR count). The number of nitrogens with zero attached hydrogens (tertiary/aromatic N) is 2. The molecule has 1 aromatic rings. The van der Waals surface area contributed by atoms with Crippen molar-refractivity contribution < 1.29 is 9.90 Å². The van der Waals surface area contributed by atoms with Crippen LogP contribution in [0.25, 0.3) is 0 Å². The van der Waals surface area contributed by atoms with Gasteiger partial charge in [0.1, 0.15) is 0 Å². The van der Waals surface area contributed by atoms with Gasteiger partial charge in [0.25, 0.3) is 5.56 Å². The number of aliphatic carboxylic acids is 1. The van der Waals surface area contributed by atoms with Crippen molar-refractivity contribution in [3.63, 3.8) is 0 Å². The molecule has 0 aromatic carbocycles. The summed E-state index contributed by atoms with van der Waals surface area (Å²) in [4.78, 5) is 26.4. The number of carboxylic acids is 1. The number of unbranched alkanes of at least 4 members (excludes halogenated alkanes) is 1. The molecule has 0 saturated heterocycles. The van der Waals surface area contributed by atoms with Gasteiger partial charge in [-0.1, -0.05) is 13.8 Å². The minimum absolute atomic E-state index is 0.130. The summed E-state index contributed by atoms with van der Waals surface area (Å²) in [6, 6.07) is 0. The second-order valence-corrected chi connectivity index (χ2v) is 4.90. The van der Waals surface area contributed by atoms with E-state index in [1.54, 1.807) is 17.0 Å². The van der Waals surface area contributed by atoms with E-state index < -0.39 is 5.97 Å². The Balaban J connectivity index is 2.50. The molecular weight excluding hydrogens is 246 g/mol. The van der Waals surface area contributed by atoms with Crippen LogP contribution in [-0.2, 0) is 11.3 Å². The summed E-state index contributed by atoms with van der Waals surface area (Å²) in [5.74, 6) is -0.0703. The Bertz CT molecular complexity index is 468. The zero-order valence-electron chi connectivity index (χ0n) is 11.4. The quantitative estimate of drug-likeness (QED) is 0.698. The number of rotatable bonds is 8. The van der Waals surface area contributed by atoms with Crippen molar-refractivity contribution in [2.24, 2.45) is 5.92 Å². The minimum atomic E-state index is -0.794. The number of carbonyl (C=O) groups is 1. The molecule has 0 unspecified atom stereocenters. The number of carboxylic acid groups (broad SMARTS) is 1. The third-order valence-corrected chi connectivity index (χ3v) is 2.59. The molecular formula is C13H21N3O3. The number of hydrogen-bond donors (Lipinski definition) is 2. The van der Waals surface area contributed by atoms with Crippen LogP contribution in [0.1, 0.15) is 33.1 Å². The van der Waals surface area contributed by atoms with Crippen LogP contribution in [0, 0.1) is 5.92 Å². The lowest BCUT2D eigenvalue weighted by Crippen LogP contribution is -2.26. The fraction of sp³-hybridized carbons (Fsp3) is 0.615. The molecule has 106 valence electrons. The van der Waals surface area contributed by atoms with Gasteiger partial charge in [-0.05, 0) is 18.8 Å². The predicted octanol–water partition coefficient (Wildman–Crippen LogP) is 1.57. The summed E-state index contributed by atoms with van der Waals surface area (Å²) in [6.07, 6.45) is 4.73. The lowest BCUT2D eigenvalue weighted by molar-refractivity contribution is -0.137. The molecule has 0 amide bonds. The molecule has 2 N–H and O–H groups in total. The fourth-order valence-corrected chi connectivity index (χ4v) is 1.71. The van der Waals surface area contributed by atoms with Gasteiger partial charge < -0.3 is 15.0 Å². The fourth-order valence-electron chi connectivity index (χ4n) is 1.71. The zero-order valence-corrected chi connectivity index (χ0v) is 11.4. The molecule has 0 radical (unpaired) electrons. The Hall–Kier alpha value is -1.85. The van der Waals surface area contributed by atoms with Crippen LogP contribution in [-0.4, -0.2) is 27.2 Å². The van der Waals surface area contributed by atoms with Gasteiger partial charge in [0.15, 0.2) is 5.82 Å². The SMILES string of the molecule is CC(C)Cn1ccnc(NCCCCC(=O)O)c1=O. The van der Waals surface area contributed by atoms with E-state index in [2.05, 4.69) is 10.3 Å². The molecule has 1 heterocycles. The highest BCUT2D eigenvalue weighted by atomic mass is 16.4. The Morgan fingerprint density at radius 3 is 2.84 bits per heavy atom. The lowest BCUT2D eigenvalue weighted by Gasteiger charge is -2.10. The number of nitrogens with one attached hydrogen (secondary N) is 1. The molecule has 19 heavy (non-hydrogen) atoms. The topological polar surface area (TPSA) is 84.2 Å². The summed E-state index contributed by atoms with van der Waals surface area (Å²) in [6.45, 7) is 5.31. The third-order valence-electron chi connectivity index (χ3n) is 2.59. The summed E-state index contributed by atoms with van der Waals surface area (Å²) >= 11 is 0. The first kappa shape index (κ1) is 15.2. The summed E-state index contributed by atoms with van der Waals surface area (Å²) in [7, 11) is 0. The van der Waals surface area contributed by atoms with Crippen molar-refractivity contribution in [3.8, 4) is 0 Å². The van der Waals surface area contributed by atoms with Gasteiger partial charge in [0.05, 0.1) is 0 Å². The highest BCUT2D eigenvalue weighted by Gasteiger charge is 2.05. The predicted molar refractivity (Wildman–Crippen MR) is 73.3 cm³/mol. The van der Waals surface area contributed by atoms with E-state index in [4.69, 9.17) is 5.11 Å². The van der Waals surface area contributed by atoms with E-state index in [1.807, 2.05) is 13.8 Å². The number of aromatic nitrogens is 2. The van der Waals surface area contributed by atoms with Gasteiger partial charge in [-0.3, -0.25) is 9.59 Å². The minimum Gasteiger partial charge on any atom is -0.481 e. The Kier molecular flexibility index (Phi) is 6.05. The zero-order chi connectivity index (χ0) is 14.3. The Morgan fingerprint density at radius 1 is 1.47 bits per heavy atom.